The Labute approximate surface area is 129 Å². The lowest BCUT2D eigenvalue weighted by molar-refractivity contribution is 0.627. The summed E-state index contributed by atoms with van der Waals surface area (Å²) >= 11 is 3.64. The predicted octanol–water partition coefficient (Wildman–Crippen LogP) is 5.69. The average molecular weight is 340 g/mol. The summed E-state index contributed by atoms with van der Waals surface area (Å²) < 4.78 is 16.4. The van der Waals surface area contributed by atoms with Crippen molar-refractivity contribution in [3.8, 4) is 5.69 Å². The van der Waals surface area contributed by atoms with E-state index in [-0.39, 0.29) is 5.82 Å². The number of hydrogen-bond donors (Lipinski definition) is 0. The fourth-order valence-corrected chi connectivity index (χ4v) is 3.41. The van der Waals surface area contributed by atoms with E-state index in [4.69, 9.17) is 0 Å². The third kappa shape index (κ3) is 1.88. The molecule has 3 heteroatoms. The molecule has 1 nitrogen and oxygen atoms in total. The van der Waals surface area contributed by atoms with Crippen LogP contribution < -0.4 is 0 Å². The molecule has 102 valence electrons. The molecular weight excluding hydrogens is 329 g/mol. The topological polar surface area (TPSA) is 4.93 Å². The van der Waals surface area contributed by atoms with E-state index in [2.05, 4.69) is 38.7 Å². The first-order chi connectivity index (χ1) is 10.3. The van der Waals surface area contributed by atoms with Crippen LogP contribution in [-0.4, -0.2) is 4.57 Å². The standard InChI is InChI=1S/C18H11BrFN/c19-15-5-3-7-17-18(15)14-4-1-2-6-16(14)21(17)13-10-8-12(20)9-11-13/h1-11H. The zero-order chi connectivity index (χ0) is 14.4. The molecule has 0 aliphatic rings. The molecular formula is C18H11BrFN. The normalized spacial score (nSPS) is 11.3. The highest BCUT2D eigenvalue weighted by atomic mass is 79.9. The van der Waals surface area contributed by atoms with Crippen LogP contribution in [0.5, 0.6) is 0 Å². The molecule has 3 aromatic carbocycles. The lowest BCUT2D eigenvalue weighted by Gasteiger charge is -2.07. The van der Waals surface area contributed by atoms with E-state index in [1.54, 1.807) is 0 Å². The highest BCUT2D eigenvalue weighted by Crippen LogP contribution is 2.36. The van der Waals surface area contributed by atoms with Crippen LogP contribution in [0.4, 0.5) is 4.39 Å². The van der Waals surface area contributed by atoms with Gasteiger partial charge in [-0.15, -0.1) is 0 Å². The first-order valence-corrected chi connectivity index (χ1v) is 7.48. The van der Waals surface area contributed by atoms with Gasteiger partial charge in [-0.2, -0.15) is 0 Å². The number of nitrogens with zero attached hydrogens (tertiary/aromatic N) is 1. The molecule has 0 aliphatic carbocycles. The Balaban J connectivity index is 2.20. The van der Waals surface area contributed by atoms with Crippen molar-refractivity contribution < 1.29 is 4.39 Å². The van der Waals surface area contributed by atoms with Gasteiger partial charge in [0.2, 0.25) is 0 Å². The molecule has 0 saturated carbocycles. The molecule has 0 unspecified atom stereocenters. The van der Waals surface area contributed by atoms with Gasteiger partial charge in [-0.3, -0.25) is 0 Å². The Hall–Kier alpha value is -2.13. The maximum Gasteiger partial charge on any atom is 0.123 e. The van der Waals surface area contributed by atoms with Crippen molar-refractivity contribution in [2.24, 2.45) is 0 Å². The minimum atomic E-state index is -0.222. The minimum absolute atomic E-state index is 0.222. The van der Waals surface area contributed by atoms with Gasteiger partial charge in [0.05, 0.1) is 11.0 Å². The Bertz CT molecular complexity index is 954. The third-order valence-corrected chi connectivity index (χ3v) is 4.39. The van der Waals surface area contributed by atoms with Crippen LogP contribution in [0.15, 0.2) is 71.2 Å². The number of fused-ring (bicyclic) bond motifs is 3. The molecule has 0 aliphatic heterocycles. The van der Waals surface area contributed by atoms with E-state index < -0.39 is 0 Å². The van der Waals surface area contributed by atoms with E-state index in [0.29, 0.717) is 0 Å². The summed E-state index contributed by atoms with van der Waals surface area (Å²) in [6, 6.07) is 21.0. The zero-order valence-electron chi connectivity index (χ0n) is 11.1. The maximum absolute atomic E-state index is 13.2. The van der Waals surface area contributed by atoms with E-state index in [9.17, 15) is 4.39 Å². The van der Waals surface area contributed by atoms with Crippen LogP contribution in [-0.2, 0) is 0 Å². The SMILES string of the molecule is Fc1ccc(-n2c3ccccc3c3c(Br)cccc32)cc1. The molecule has 1 aromatic heterocycles. The van der Waals surface area contributed by atoms with E-state index in [0.717, 1.165) is 21.2 Å². The summed E-state index contributed by atoms with van der Waals surface area (Å²) in [5.41, 5.74) is 3.18. The van der Waals surface area contributed by atoms with Gasteiger partial charge in [0.15, 0.2) is 0 Å². The molecule has 0 fully saturated rings. The Kier molecular flexibility index (Phi) is 2.82. The Morgan fingerprint density at radius 1 is 0.762 bits per heavy atom. The zero-order valence-corrected chi connectivity index (χ0v) is 12.6. The second kappa shape index (κ2) is 4.71. The van der Waals surface area contributed by atoms with Crippen LogP contribution in [0, 0.1) is 5.82 Å². The van der Waals surface area contributed by atoms with Crippen molar-refractivity contribution in [1.82, 2.24) is 4.57 Å². The molecule has 21 heavy (non-hydrogen) atoms. The second-order valence-corrected chi connectivity index (χ2v) is 5.82. The number of aromatic nitrogens is 1. The summed E-state index contributed by atoms with van der Waals surface area (Å²) in [4.78, 5) is 0. The van der Waals surface area contributed by atoms with Crippen LogP contribution in [0.25, 0.3) is 27.5 Å². The maximum atomic E-state index is 13.2. The van der Waals surface area contributed by atoms with E-state index in [1.165, 1.54) is 22.9 Å². The Morgan fingerprint density at radius 2 is 1.48 bits per heavy atom. The van der Waals surface area contributed by atoms with E-state index in [1.807, 2.05) is 36.4 Å². The highest BCUT2D eigenvalue weighted by molar-refractivity contribution is 9.10. The monoisotopic (exact) mass is 339 g/mol. The summed E-state index contributed by atoms with van der Waals surface area (Å²) in [5.74, 6) is -0.222. The van der Waals surface area contributed by atoms with Crippen molar-refractivity contribution in [1.29, 1.82) is 0 Å². The second-order valence-electron chi connectivity index (χ2n) is 4.96. The smallest absolute Gasteiger partial charge is 0.123 e. The summed E-state index contributed by atoms with van der Waals surface area (Å²) in [6.07, 6.45) is 0. The van der Waals surface area contributed by atoms with E-state index >= 15 is 0 Å². The van der Waals surface area contributed by atoms with Crippen LogP contribution in [0.2, 0.25) is 0 Å². The molecule has 0 atom stereocenters. The largest absolute Gasteiger partial charge is 0.309 e. The van der Waals surface area contributed by atoms with Gasteiger partial charge in [-0.05, 0) is 42.5 Å². The lowest BCUT2D eigenvalue weighted by Crippen LogP contribution is -1.93. The fraction of sp³-hybridized carbons (Fsp3) is 0. The van der Waals surface area contributed by atoms with Gasteiger partial charge < -0.3 is 4.57 Å². The summed E-state index contributed by atoms with van der Waals surface area (Å²) in [7, 11) is 0. The van der Waals surface area contributed by atoms with Crippen molar-refractivity contribution in [3.05, 3.63) is 77.0 Å². The van der Waals surface area contributed by atoms with Gasteiger partial charge in [0, 0.05) is 20.9 Å². The van der Waals surface area contributed by atoms with Crippen molar-refractivity contribution in [2.45, 2.75) is 0 Å². The molecule has 0 spiro atoms. The summed E-state index contributed by atoms with van der Waals surface area (Å²) in [5, 5.41) is 2.36. The molecule has 4 rings (SSSR count). The lowest BCUT2D eigenvalue weighted by atomic mass is 10.2. The van der Waals surface area contributed by atoms with Crippen LogP contribution in [0.1, 0.15) is 0 Å². The van der Waals surface area contributed by atoms with Crippen LogP contribution in [0.3, 0.4) is 0 Å². The van der Waals surface area contributed by atoms with Gasteiger partial charge in [-0.1, -0.05) is 40.2 Å². The molecule has 0 radical (unpaired) electrons. The van der Waals surface area contributed by atoms with Gasteiger partial charge in [0.25, 0.3) is 0 Å². The first kappa shape index (κ1) is 12.6. The van der Waals surface area contributed by atoms with Gasteiger partial charge >= 0.3 is 0 Å². The number of benzene rings is 3. The van der Waals surface area contributed by atoms with Crippen molar-refractivity contribution in [2.75, 3.05) is 0 Å². The van der Waals surface area contributed by atoms with Crippen LogP contribution >= 0.6 is 15.9 Å². The fourth-order valence-electron chi connectivity index (χ4n) is 2.84. The first-order valence-electron chi connectivity index (χ1n) is 6.69. The number of rotatable bonds is 1. The predicted molar refractivity (Wildman–Crippen MR) is 88.4 cm³/mol. The summed E-state index contributed by atoms with van der Waals surface area (Å²) in [6.45, 7) is 0. The van der Waals surface area contributed by atoms with Gasteiger partial charge in [-0.25, -0.2) is 4.39 Å². The minimum Gasteiger partial charge on any atom is -0.309 e. The molecule has 0 bridgehead atoms. The molecule has 1 heterocycles. The highest BCUT2D eigenvalue weighted by Gasteiger charge is 2.13. The quantitative estimate of drug-likeness (QED) is 0.420. The number of halogens is 2. The number of para-hydroxylation sites is 1. The van der Waals surface area contributed by atoms with Crippen molar-refractivity contribution >= 4 is 37.7 Å². The molecule has 0 saturated heterocycles. The third-order valence-electron chi connectivity index (χ3n) is 3.73. The van der Waals surface area contributed by atoms with Crippen molar-refractivity contribution in [3.63, 3.8) is 0 Å². The Morgan fingerprint density at radius 3 is 2.29 bits per heavy atom. The molecule has 0 amide bonds. The average Bonchev–Trinajstić information content (AvgIpc) is 2.84. The molecule has 0 N–H and O–H groups in total. The van der Waals surface area contributed by atoms with Gasteiger partial charge in [0.1, 0.15) is 5.82 Å². The molecule has 4 aromatic rings. The number of hydrogen-bond acceptors (Lipinski definition) is 0.